The number of pyridine rings is 1. The van der Waals surface area contributed by atoms with Crippen molar-refractivity contribution in [2.45, 2.75) is 25.4 Å². The van der Waals surface area contributed by atoms with Crippen LogP contribution in [0.2, 0.25) is 0 Å². The van der Waals surface area contributed by atoms with Gasteiger partial charge >= 0.3 is 0 Å². The van der Waals surface area contributed by atoms with Gasteiger partial charge in [-0.25, -0.2) is 8.78 Å². The van der Waals surface area contributed by atoms with Crippen LogP contribution in [-0.4, -0.2) is 21.8 Å². The first-order valence-corrected chi connectivity index (χ1v) is 6.80. The summed E-state index contributed by atoms with van der Waals surface area (Å²) in [7, 11) is 0. The van der Waals surface area contributed by atoms with E-state index in [2.05, 4.69) is 4.98 Å². The molecule has 108 valence electrons. The molecule has 0 bridgehead atoms. The van der Waals surface area contributed by atoms with Crippen LogP contribution in [0.3, 0.4) is 0 Å². The van der Waals surface area contributed by atoms with Crippen molar-refractivity contribution in [3.8, 4) is 0 Å². The molecule has 1 aromatic carbocycles. The second kappa shape index (κ2) is 5.60. The Balaban J connectivity index is 1.83. The topological polar surface area (TPSA) is 33.2 Å². The summed E-state index contributed by atoms with van der Waals surface area (Å²) in [5.41, 5.74) is 1.14. The maximum absolute atomic E-state index is 13.3. The molecule has 0 atom stereocenters. The first-order valence-electron chi connectivity index (χ1n) is 6.80. The molecule has 0 N–H and O–H groups in total. The Hall–Kier alpha value is -2.30. The number of halogens is 2. The van der Waals surface area contributed by atoms with Gasteiger partial charge < -0.3 is 4.90 Å². The van der Waals surface area contributed by atoms with Gasteiger partial charge in [0.1, 0.15) is 0 Å². The van der Waals surface area contributed by atoms with E-state index in [0.29, 0.717) is 6.54 Å². The van der Waals surface area contributed by atoms with Crippen LogP contribution < -0.4 is 0 Å². The van der Waals surface area contributed by atoms with E-state index >= 15 is 0 Å². The molecule has 3 rings (SSSR count). The summed E-state index contributed by atoms with van der Waals surface area (Å²) >= 11 is 0. The number of hydrogen-bond donors (Lipinski definition) is 0. The molecule has 5 heteroatoms. The van der Waals surface area contributed by atoms with Crippen molar-refractivity contribution in [1.29, 1.82) is 0 Å². The van der Waals surface area contributed by atoms with E-state index in [1.165, 1.54) is 6.07 Å². The fraction of sp³-hybridized carbons (Fsp3) is 0.250. The van der Waals surface area contributed by atoms with Gasteiger partial charge in [0.25, 0.3) is 5.91 Å². The maximum Gasteiger partial charge on any atom is 0.254 e. The van der Waals surface area contributed by atoms with Gasteiger partial charge in [-0.1, -0.05) is 0 Å². The average molecular weight is 288 g/mol. The van der Waals surface area contributed by atoms with Crippen molar-refractivity contribution in [3.63, 3.8) is 0 Å². The zero-order valence-electron chi connectivity index (χ0n) is 11.3. The molecule has 0 spiro atoms. The van der Waals surface area contributed by atoms with Crippen molar-refractivity contribution >= 4 is 5.91 Å². The minimum atomic E-state index is -1.000. The fourth-order valence-electron chi connectivity index (χ4n) is 2.23. The standard InChI is InChI=1S/C16H14F2N2O/c17-14-4-1-12(9-15(14)18)16(21)20(13-2-3-13)10-11-5-7-19-8-6-11/h1,4-9,13H,2-3,10H2. The summed E-state index contributed by atoms with van der Waals surface area (Å²) in [5, 5.41) is 0. The lowest BCUT2D eigenvalue weighted by Gasteiger charge is -2.22. The molecular weight excluding hydrogens is 274 g/mol. The maximum atomic E-state index is 13.3. The molecule has 1 aromatic heterocycles. The van der Waals surface area contributed by atoms with Crippen LogP contribution in [0.1, 0.15) is 28.8 Å². The first-order chi connectivity index (χ1) is 10.1. The van der Waals surface area contributed by atoms with Crippen molar-refractivity contribution < 1.29 is 13.6 Å². The van der Waals surface area contributed by atoms with E-state index in [1.54, 1.807) is 17.3 Å². The Morgan fingerprint density at radius 2 is 1.86 bits per heavy atom. The van der Waals surface area contributed by atoms with Crippen LogP contribution in [0.5, 0.6) is 0 Å². The average Bonchev–Trinajstić information content (AvgIpc) is 3.33. The quantitative estimate of drug-likeness (QED) is 0.865. The third-order valence-electron chi connectivity index (χ3n) is 3.52. The minimum Gasteiger partial charge on any atom is -0.331 e. The highest BCUT2D eigenvalue weighted by Crippen LogP contribution is 2.30. The number of benzene rings is 1. The predicted octanol–water partition coefficient (Wildman–Crippen LogP) is 3.16. The molecule has 21 heavy (non-hydrogen) atoms. The highest BCUT2D eigenvalue weighted by atomic mass is 19.2. The molecule has 1 saturated carbocycles. The Morgan fingerprint density at radius 3 is 2.48 bits per heavy atom. The summed E-state index contributed by atoms with van der Waals surface area (Å²) in [6.07, 6.45) is 5.23. The van der Waals surface area contributed by atoms with Crippen LogP contribution >= 0.6 is 0 Å². The molecule has 1 amide bonds. The van der Waals surface area contributed by atoms with Crippen molar-refractivity contribution in [2.24, 2.45) is 0 Å². The molecule has 0 radical (unpaired) electrons. The third-order valence-corrected chi connectivity index (χ3v) is 3.52. The van der Waals surface area contributed by atoms with Crippen molar-refractivity contribution in [1.82, 2.24) is 9.88 Å². The molecule has 1 heterocycles. The highest BCUT2D eigenvalue weighted by molar-refractivity contribution is 5.94. The summed E-state index contributed by atoms with van der Waals surface area (Å²) in [5.74, 6) is -2.22. The lowest BCUT2D eigenvalue weighted by atomic mass is 10.1. The van der Waals surface area contributed by atoms with Gasteiger partial charge in [-0.15, -0.1) is 0 Å². The molecule has 1 aliphatic rings. The van der Waals surface area contributed by atoms with Crippen molar-refractivity contribution in [3.05, 3.63) is 65.5 Å². The van der Waals surface area contributed by atoms with Crippen LogP contribution in [-0.2, 0) is 6.54 Å². The molecular formula is C16H14F2N2O. The van der Waals surface area contributed by atoms with E-state index in [9.17, 15) is 13.6 Å². The van der Waals surface area contributed by atoms with Gasteiger partial charge in [0.05, 0.1) is 0 Å². The Kier molecular flexibility index (Phi) is 3.64. The van der Waals surface area contributed by atoms with Gasteiger partial charge in [-0.05, 0) is 48.7 Å². The van der Waals surface area contributed by atoms with Crippen LogP contribution in [0.25, 0.3) is 0 Å². The first kappa shape index (κ1) is 13.7. The van der Waals surface area contributed by atoms with E-state index in [0.717, 1.165) is 30.5 Å². The van der Waals surface area contributed by atoms with Gasteiger partial charge in [0.15, 0.2) is 11.6 Å². The number of nitrogens with zero attached hydrogens (tertiary/aromatic N) is 2. The summed E-state index contributed by atoms with van der Waals surface area (Å²) in [6.45, 7) is 0.449. The molecule has 0 unspecified atom stereocenters. The predicted molar refractivity (Wildman–Crippen MR) is 73.5 cm³/mol. The normalized spacial score (nSPS) is 14.0. The SMILES string of the molecule is O=C(c1ccc(F)c(F)c1)N(Cc1ccncc1)C1CC1. The molecule has 1 aliphatic carbocycles. The van der Waals surface area contributed by atoms with E-state index in [4.69, 9.17) is 0 Å². The third kappa shape index (κ3) is 3.07. The van der Waals surface area contributed by atoms with Crippen LogP contribution in [0.15, 0.2) is 42.7 Å². The number of amides is 1. The van der Waals surface area contributed by atoms with Crippen molar-refractivity contribution in [2.75, 3.05) is 0 Å². The molecule has 1 fully saturated rings. The number of carbonyl (C=O) groups is 1. The zero-order valence-corrected chi connectivity index (χ0v) is 11.3. The van der Waals surface area contributed by atoms with Crippen LogP contribution in [0, 0.1) is 11.6 Å². The molecule has 2 aromatic rings. The number of aromatic nitrogens is 1. The van der Waals surface area contributed by atoms with Gasteiger partial charge in [-0.2, -0.15) is 0 Å². The van der Waals surface area contributed by atoms with Gasteiger partial charge in [-0.3, -0.25) is 9.78 Å². The van der Waals surface area contributed by atoms with Gasteiger partial charge in [0.2, 0.25) is 0 Å². The van der Waals surface area contributed by atoms with E-state index in [1.807, 2.05) is 12.1 Å². The summed E-state index contributed by atoms with van der Waals surface area (Å²) in [6, 6.07) is 7.13. The zero-order chi connectivity index (χ0) is 14.8. The Morgan fingerprint density at radius 1 is 1.14 bits per heavy atom. The molecule has 3 nitrogen and oxygen atoms in total. The number of carbonyl (C=O) groups excluding carboxylic acids is 1. The minimum absolute atomic E-state index is 0.176. The van der Waals surface area contributed by atoms with E-state index < -0.39 is 11.6 Å². The Bertz CT molecular complexity index is 657. The number of hydrogen-bond acceptors (Lipinski definition) is 2. The smallest absolute Gasteiger partial charge is 0.254 e. The van der Waals surface area contributed by atoms with E-state index in [-0.39, 0.29) is 17.5 Å². The second-order valence-corrected chi connectivity index (χ2v) is 5.15. The second-order valence-electron chi connectivity index (χ2n) is 5.15. The van der Waals surface area contributed by atoms with Crippen LogP contribution in [0.4, 0.5) is 8.78 Å². The monoisotopic (exact) mass is 288 g/mol. The summed E-state index contributed by atoms with van der Waals surface area (Å²) in [4.78, 5) is 18.2. The highest BCUT2D eigenvalue weighted by Gasteiger charge is 2.33. The summed E-state index contributed by atoms with van der Waals surface area (Å²) < 4.78 is 26.3. The van der Waals surface area contributed by atoms with Gasteiger partial charge in [0, 0.05) is 30.5 Å². The Labute approximate surface area is 121 Å². The molecule has 0 saturated heterocycles. The number of rotatable bonds is 4. The lowest BCUT2D eigenvalue weighted by Crippen LogP contribution is -2.32. The molecule has 0 aliphatic heterocycles. The lowest BCUT2D eigenvalue weighted by molar-refractivity contribution is 0.0729. The fourth-order valence-corrected chi connectivity index (χ4v) is 2.23. The largest absolute Gasteiger partial charge is 0.331 e.